The van der Waals surface area contributed by atoms with E-state index in [4.69, 9.17) is 11.6 Å². The monoisotopic (exact) mass is 444 g/mol. The number of anilines is 1. The first-order chi connectivity index (χ1) is 14.1. The number of ketones is 1. The van der Waals surface area contributed by atoms with Crippen LogP contribution < -0.4 is 15.8 Å². The number of fused-ring (bicyclic) bond motifs is 2. The number of thiazole rings is 1. The standard InChI is InChI=1S/C20H17ClN4O2S2/c21-11-5-7-13(8-6-11)28-10-12-9-15(26)17-18(22-12)24-25(19(17)27)20-23-14-3-1-2-4-16(14)29-20/h1-8,12,17-18,22,24H,9-10H2. The molecule has 148 valence electrons. The van der Waals surface area contributed by atoms with Crippen molar-refractivity contribution in [2.75, 3.05) is 10.8 Å². The van der Waals surface area contributed by atoms with E-state index in [1.807, 2.05) is 48.5 Å². The lowest BCUT2D eigenvalue weighted by Gasteiger charge is -2.30. The van der Waals surface area contributed by atoms with Gasteiger partial charge in [-0.3, -0.25) is 14.9 Å². The maximum atomic E-state index is 12.9. The first kappa shape index (κ1) is 19.0. The van der Waals surface area contributed by atoms with E-state index in [0.717, 1.165) is 20.9 Å². The van der Waals surface area contributed by atoms with Crippen molar-refractivity contribution in [1.82, 2.24) is 15.7 Å². The molecule has 3 heterocycles. The van der Waals surface area contributed by atoms with Crippen LogP contribution in [0.25, 0.3) is 10.2 Å². The van der Waals surface area contributed by atoms with Crippen LogP contribution in [0.1, 0.15) is 6.42 Å². The minimum atomic E-state index is -0.709. The molecule has 6 nitrogen and oxygen atoms in total. The number of para-hydroxylation sites is 1. The van der Waals surface area contributed by atoms with Gasteiger partial charge in [0.25, 0.3) is 5.91 Å². The number of halogens is 1. The first-order valence-corrected chi connectivity index (χ1v) is 11.4. The van der Waals surface area contributed by atoms with Gasteiger partial charge in [0.2, 0.25) is 5.13 Å². The van der Waals surface area contributed by atoms with E-state index in [9.17, 15) is 9.59 Å². The largest absolute Gasteiger partial charge is 0.299 e. The molecule has 5 rings (SSSR count). The van der Waals surface area contributed by atoms with Crippen LogP contribution in [-0.4, -0.2) is 34.6 Å². The Morgan fingerprint density at radius 1 is 1.17 bits per heavy atom. The molecule has 0 saturated carbocycles. The number of amides is 1. The number of nitrogens with zero attached hydrogens (tertiary/aromatic N) is 2. The summed E-state index contributed by atoms with van der Waals surface area (Å²) in [6.45, 7) is 0. The number of aromatic nitrogens is 1. The van der Waals surface area contributed by atoms with E-state index in [2.05, 4.69) is 15.7 Å². The molecule has 2 fully saturated rings. The molecule has 0 radical (unpaired) electrons. The molecule has 0 spiro atoms. The summed E-state index contributed by atoms with van der Waals surface area (Å²) >= 11 is 9.02. The zero-order chi connectivity index (χ0) is 20.0. The SMILES string of the molecule is O=C1CC(CSc2ccc(Cl)cc2)NC2NN(c3nc4ccccc4s3)C(=O)C12. The Labute approximate surface area is 180 Å². The Bertz CT molecular complexity index is 1050. The van der Waals surface area contributed by atoms with Crippen LogP contribution in [0.4, 0.5) is 5.13 Å². The predicted molar refractivity (Wildman–Crippen MR) is 116 cm³/mol. The Balaban J connectivity index is 1.29. The van der Waals surface area contributed by atoms with Gasteiger partial charge in [-0.05, 0) is 36.4 Å². The van der Waals surface area contributed by atoms with Gasteiger partial charge in [0.05, 0.1) is 16.4 Å². The topological polar surface area (TPSA) is 74.3 Å². The third-order valence-electron chi connectivity index (χ3n) is 5.04. The van der Waals surface area contributed by atoms with Gasteiger partial charge in [-0.1, -0.05) is 35.1 Å². The number of thioether (sulfide) groups is 1. The van der Waals surface area contributed by atoms with Crippen LogP contribution in [0.15, 0.2) is 53.4 Å². The van der Waals surface area contributed by atoms with Crippen molar-refractivity contribution in [3.05, 3.63) is 53.6 Å². The highest BCUT2D eigenvalue weighted by Gasteiger charge is 2.49. The third kappa shape index (κ3) is 3.67. The smallest absolute Gasteiger partial charge is 0.257 e. The molecule has 0 bridgehead atoms. The van der Waals surface area contributed by atoms with Gasteiger partial charge < -0.3 is 0 Å². The number of Topliss-reactive ketones (excluding diaryl/α,β-unsaturated/α-hetero) is 1. The zero-order valence-corrected chi connectivity index (χ0v) is 17.6. The number of carbonyl (C=O) groups is 2. The fourth-order valence-electron chi connectivity index (χ4n) is 3.64. The minimum Gasteiger partial charge on any atom is -0.299 e. The highest BCUT2D eigenvalue weighted by Crippen LogP contribution is 2.33. The summed E-state index contributed by atoms with van der Waals surface area (Å²) in [6.07, 6.45) is -0.0744. The molecular formula is C20H17ClN4O2S2. The fourth-order valence-corrected chi connectivity index (χ4v) is 5.64. The first-order valence-electron chi connectivity index (χ1n) is 9.21. The quantitative estimate of drug-likeness (QED) is 0.474. The lowest BCUT2D eigenvalue weighted by atomic mass is 9.91. The summed E-state index contributed by atoms with van der Waals surface area (Å²) in [4.78, 5) is 31.3. The van der Waals surface area contributed by atoms with Crippen LogP contribution in [0.3, 0.4) is 0 Å². The van der Waals surface area contributed by atoms with Crippen LogP contribution in [0, 0.1) is 5.92 Å². The molecule has 9 heteroatoms. The van der Waals surface area contributed by atoms with Crippen molar-refractivity contribution >= 4 is 61.7 Å². The maximum Gasteiger partial charge on any atom is 0.257 e. The number of carbonyl (C=O) groups excluding carboxylic acids is 2. The summed E-state index contributed by atoms with van der Waals surface area (Å²) < 4.78 is 1.00. The average molecular weight is 445 g/mol. The number of piperidine rings is 1. The van der Waals surface area contributed by atoms with E-state index in [-0.39, 0.29) is 17.7 Å². The van der Waals surface area contributed by atoms with E-state index < -0.39 is 12.1 Å². The molecular weight excluding hydrogens is 428 g/mol. The summed E-state index contributed by atoms with van der Waals surface area (Å²) in [6, 6.07) is 15.4. The molecule has 0 aliphatic carbocycles. The minimum absolute atomic E-state index is 0.0138. The van der Waals surface area contributed by atoms with Gasteiger partial charge >= 0.3 is 0 Å². The number of rotatable bonds is 4. The fraction of sp³-hybridized carbons (Fsp3) is 0.250. The lowest BCUT2D eigenvalue weighted by Crippen LogP contribution is -2.56. The Kier molecular flexibility index (Phi) is 5.05. The van der Waals surface area contributed by atoms with Crippen molar-refractivity contribution in [3.8, 4) is 0 Å². The van der Waals surface area contributed by atoms with Crippen LogP contribution in [0.2, 0.25) is 5.02 Å². The molecule has 2 aliphatic heterocycles. The zero-order valence-electron chi connectivity index (χ0n) is 15.2. The number of hydrogen-bond donors (Lipinski definition) is 2. The molecule has 2 saturated heterocycles. The summed E-state index contributed by atoms with van der Waals surface area (Å²) in [7, 11) is 0. The normalized spacial score (nSPS) is 24.3. The molecule has 2 aliphatic rings. The van der Waals surface area contributed by atoms with Gasteiger partial charge in [0.15, 0.2) is 0 Å². The number of nitrogens with one attached hydrogen (secondary N) is 2. The Morgan fingerprint density at radius 2 is 1.97 bits per heavy atom. The number of hydrazine groups is 1. The third-order valence-corrected chi connectivity index (χ3v) is 7.48. The molecule has 2 aromatic carbocycles. The summed E-state index contributed by atoms with van der Waals surface area (Å²) in [5.41, 5.74) is 4.00. The maximum absolute atomic E-state index is 12.9. The lowest BCUT2D eigenvalue weighted by molar-refractivity contribution is -0.133. The van der Waals surface area contributed by atoms with E-state index in [1.54, 1.807) is 11.8 Å². The van der Waals surface area contributed by atoms with E-state index >= 15 is 0 Å². The highest BCUT2D eigenvalue weighted by molar-refractivity contribution is 7.99. The van der Waals surface area contributed by atoms with Crippen molar-refractivity contribution in [3.63, 3.8) is 0 Å². The van der Waals surface area contributed by atoms with Crippen molar-refractivity contribution in [2.24, 2.45) is 5.92 Å². The molecule has 3 atom stereocenters. The molecule has 3 aromatic rings. The highest BCUT2D eigenvalue weighted by atomic mass is 35.5. The van der Waals surface area contributed by atoms with Gasteiger partial charge in [-0.25, -0.2) is 15.4 Å². The number of benzene rings is 2. The average Bonchev–Trinajstić information content (AvgIpc) is 3.28. The van der Waals surface area contributed by atoms with Crippen molar-refractivity contribution in [2.45, 2.75) is 23.5 Å². The second kappa shape index (κ2) is 7.70. The number of hydrogen-bond acceptors (Lipinski definition) is 7. The van der Waals surface area contributed by atoms with Gasteiger partial charge in [-0.2, -0.15) is 0 Å². The summed E-state index contributed by atoms with van der Waals surface area (Å²) in [5, 5.41) is 6.12. The van der Waals surface area contributed by atoms with Gasteiger partial charge in [0.1, 0.15) is 11.7 Å². The van der Waals surface area contributed by atoms with Crippen LogP contribution in [-0.2, 0) is 9.59 Å². The molecule has 1 amide bonds. The van der Waals surface area contributed by atoms with Crippen molar-refractivity contribution in [1.29, 1.82) is 0 Å². The molecule has 3 unspecified atom stereocenters. The van der Waals surface area contributed by atoms with Crippen molar-refractivity contribution < 1.29 is 9.59 Å². The molecule has 2 N–H and O–H groups in total. The summed E-state index contributed by atoms with van der Waals surface area (Å²) in [5.74, 6) is -0.251. The second-order valence-electron chi connectivity index (χ2n) is 7.02. The molecule has 29 heavy (non-hydrogen) atoms. The van der Waals surface area contributed by atoms with E-state index in [0.29, 0.717) is 16.6 Å². The van der Waals surface area contributed by atoms with Gasteiger partial charge in [0, 0.05) is 28.1 Å². The van der Waals surface area contributed by atoms with Crippen LogP contribution >= 0.6 is 34.7 Å². The Morgan fingerprint density at radius 3 is 2.76 bits per heavy atom. The van der Waals surface area contributed by atoms with Crippen LogP contribution in [0.5, 0.6) is 0 Å². The second-order valence-corrected chi connectivity index (χ2v) is 9.56. The molecule has 1 aromatic heterocycles. The Hall–Kier alpha value is -1.97. The van der Waals surface area contributed by atoms with Gasteiger partial charge in [-0.15, -0.1) is 11.8 Å². The predicted octanol–water partition coefficient (Wildman–Crippen LogP) is 3.47. The van der Waals surface area contributed by atoms with E-state index in [1.165, 1.54) is 16.3 Å².